The minimum atomic E-state index is -0.955. The number of thiazole rings is 1. The van der Waals surface area contributed by atoms with Gasteiger partial charge in [-0.25, -0.2) is 19.7 Å². The smallest absolute Gasteiger partial charge is 0.338 e. The van der Waals surface area contributed by atoms with Gasteiger partial charge in [0, 0.05) is 4.88 Å². The third-order valence-electron chi connectivity index (χ3n) is 4.22. The summed E-state index contributed by atoms with van der Waals surface area (Å²) in [7, 11) is 0. The van der Waals surface area contributed by atoms with Crippen LogP contribution in [0, 0.1) is 27.7 Å². The van der Waals surface area contributed by atoms with Crippen LogP contribution in [0.4, 0.5) is 5.13 Å². The number of fused-ring (bicyclic) bond motifs is 1. The zero-order valence-electron chi connectivity index (χ0n) is 15.8. The third-order valence-corrected chi connectivity index (χ3v) is 5.21. The summed E-state index contributed by atoms with van der Waals surface area (Å²) < 4.78 is 5.29. The van der Waals surface area contributed by atoms with Crippen molar-refractivity contribution in [1.29, 1.82) is 0 Å². The number of hydrogen-bond acceptors (Lipinski definition) is 7. The first-order valence-electron chi connectivity index (χ1n) is 8.45. The Balaban J connectivity index is 1.71. The van der Waals surface area contributed by atoms with Gasteiger partial charge in [0.25, 0.3) is 5.91 Å². The molecule has 3 rings (SSSR count). The molecular formula is C19H20N4O3S. The van der Waals surface area contributed by atoms with Crippen molar-refractivity contribution in [3.8, 4) is 0 Å². The lowest BCUT2D eigenvalue weighted by Gasteiger charge is -2.12. The number of benzene rings is 1. The highest BCUT2D eigenvalue weighted by Crippen LogP contribution is 2.21. The van der Waals surface area contributed by atoms with Gasteiger partial charge in [-0.3, -0.25) is 10.1 Å². The van der Waals surface area contributed by atoms with Gasteiger partial charge in [0.15, 0.2) is 11.2 Å². The zero-order chi connectivity index (χ0) is 19.7. The Morgan fingerprint density at radius 3 is 2.30 bits per heavy atom. The Labute approximate surface area is 160 Å². The summed E-state index contributed by atoms with van der Waals surface area (Å²) in [5, 5.41) is 3.16. The van der Waals surface area contributed by atoms with E-state index in [1.807, 2.05) is 27.7 Å². The SMILES string of the molecule is Cc1nc2ccc(C(=O)O[C@@H](C)C(=O)Nc3nc(C)c(C)s3)cc2nc1C. The first-order chi connectivity index (χ1) is 12.7. The first kappa shape index (κ1) is 18.9. The van der Waals surface area contributed by atoms with Crippen LogP contribution in [0.25, 0.3) is 11.0 Å². The lowest BCUT2D eigenvalue weighted by Crippen LogP contribution is -2.30. The van der Waals surface area contributed by atoms with E-state index in [4.69, 9.17) is 4.74 Å². The number of esters is 1. The van der Waals surface area contributed by atoms with E-state index in [2.05, 4.69) is 20.3 Å². The van der Waals surface area contributed by atoms with Crippen molar-refractivity contribution >= 4 is 39.4 Å². The molecule has 0 aliphatic carbocycles. The van der Waals surface area contributed by atoms with Crippen LogP contribution in [0.1, 0.15) is 39.2 Å². The summed E-state index contributed by atoms with van der Waals surface area (Å²) in [6, 6.07) is 4.96. The monoisotopic (exact) mass is 384 g/mol. The molecule has 7 nitrogen and oxygen atoms in total. The standard InChI is InChI=1S/C19H20N4O3S/c1-9-10(2)21-16-8-14(6-7-15(16)20-9)18(25)26-12(4)17(24)23-19-22-11(3)13(5)27-19/h6-8,12H,1-5H3,(H,22,23,24)/t12-/m0/s1. The number of nitrogens with zero attached hydrogens (tertiary/aromatic N) is 3. The van der Waals surface area contributed by atoms with Crippen molar-refractivity contribution in [1.82, 2.24) is 15.0 Å². The molecule has 0 fully saturated rings. The van der Waals surface area contributed by atoms with E-state index in [0.717, 1.165) is 22.0 Å². The highest BCUT2D eigenvalue weighted by Gasteiger charge is 2.21. The van der Waals surface area contributed by atoms with Crippen LogP contribution >= 0.6 is 11.3 Å². The Morgan fingerprint density at radius 1 is 1.00 bits per heavy atom. The quantitative estimate of drug-likeness (QED) is 0.692. The van der Waals surface area contributed by atoms with Crippen LogP contribution in [0.15, 0.2) is 18.2 Å². The number of amides is 1. The minimum Gasteiger partial charge on any atom is -0.449 e. The van der Waals surface area contributed by atoms with Crippen molar-refractivity contribution in [3.05, 3.63) is 45.7 Å². The van der Waals surface area contributed by atoms with Crippen molar-refractivity contribution in [2.45, 2.75) is 40.7 Å². The van der Waals surface area contributed by atoms with E-state index in [-0.39, 0.29) is 0 Å². The second-order valence-electron chi connectivity index (χ2n) is 6.30. The maximum Gasteiger partial charge on any atom is 0.338 e. The Kier molecular flexibility index (Phi) is 5.18. The third kappa shape index (κ3) is 4.11. The second kappa shape index (κ2) is 7.40. The van der Waals surface area contributed by atoms with Gasteiger partial charge in [-0.2, -0.15) is 0 Å². The molecule has 27 heavy (non-hydrogen) atoms. The Bertz CT molecular complexity index is 1030. The van der Waals surface area contributed by atoms with Gasteiger partial charge in [-0.1, -0.05) is 0 Å². The summed E-state index contributed by atoms with van der Waals surface area (Å²) in [6.07, 6.45) is -0.955. The van der Waals surface area contributed by atoms with Gasteiger partial charge in [-0.05, 0) is 52.8 Å². The summed E-state index contributed by atoms with van der Waals surface area (Å²) in [4.78, 5) is 38.8. The lowest BCUT2D eigenvalue weighted by atomic mass is 10.2. The highest BCUT2D eigenvalue weighted by atomic mass is 32.1. The zero-order valence-corrected chi connectivity index (χ0v) is 16.6. The number of rotatable bonds is 4. The molecule has 2 heterocycles. The average Bonchev–Trinajstić information content (AvgIpc) is 2.92. The molecule has 0 unspecified atom stereocenters. The van der Waals surface area contributed by atoms with Crippen molar-refractivity contribution in [2.75, 3.05) is 5.32 Å². The second-order valence-corrected chi connectivity index (χ2v) is 7.50. The van der Waals surface area contributed by atoms with Gasteiger partial charge in [0.2, 0.25) is 0 Å². The molecule has 0 aliphatic rings. The van der Waals surface area contributed by atoms with Gasteiger partial charge in [0.05, 0.1) is 33.7 Å². The maximum atomic E-state index is 12.4. The van der Waals surface area contributed by atoms with Crippen LogP contribution in [0.2, 0.25) is 0 Å². The van der Waals surface area contributed by atoms with E-state index in [1.165, 1.54) is 18.3 Å². The molecule has 1 N–H and O–H groups in total. The number of anilines is 1. The number of carbonyl (C=O) groups excluding carboxylic acids is 2. The van der Waals surface area contributed by atoms with Crippen LogP contribution in [-0.4, -0.2) is 32.9 Å². The number of aromatic nitrogens is 3. The molecule has 0 saturated heterocycles. The molecule has 0 radical (unpaired) electrons. The number of hydrogen-bond donors (Lipinski definition) is 1. The summed E-state index contributed by atoms with van der Waals surface area (Å²) in [5.74, 6) is -1.02. The highest BCUT2D eigenvalue weighted by molar-refractivity contribution is 7.15. The van der Waals surface area contributed by atoms with Crippen molar-refractivity contribution < 1.29 is 14.3 Å². The van der Waals surface area contributed by atoms with E-state index >= 15 is 0 Å². The molecule has 1 aromatic carbocycles. The molecule has 0 spiro atoms. The molecule has 2 aromatic heterocycles. The average molecular weight is 384 g/mol. The number of carbonyl (C=O) groups is 2. The largest absolute Gasteiger partial charge is 0.449 e. The summed E-state index contributed by atoms with van der Waals surface area (Å²) >= 11 is 1.38. The maximum absolute atomic E-state index is 12.4. The molecule has 0 saturated carbocycles. The molecule has 3 aromatic rings. The van der Waals surface area contributed by atoms with Gasteiger partial charge >= 0.3 is 5.97 Å². The van der Waals surface area contributed by atoms with Gasteiger partial charge in [-0.15, -0.1) is 11.3 Å². The summed E-state index contributed by atoms with van der Waals surface area (Å²) in [6.45, 7) is 9.07. The summed E-state index contributed by atoms with van der Waals surface area (Å²) in [5.41, 5.74) is 4.14. The van der Waals surface area contributed by atoms with E-state index in [1.54, 1.807) is 18.2 Å². The van der Waals surface area contributed by atoms with Crippen molar-refractivity contribution in [2.24, 2.45) is 0 Å². The molecule has 0 aliphatic heterocycles. The molecular weight excluding hydrogens is 364 g/mol. The molecule has 140 valence electrons. The number of aryl methyl sites for hydroxylation is 4. The predicted octanol–water partition coefficient (Wildman–Crippen LogP) is 3.50. The van der Waals surface area contributed by atoms with Gasteiger partial charge < -0.3 is 4.74 Å². The molecule has 1 amide bonds. The van der Waals surface area contributed by atoms with E-state index in [9.17, 15) is 9.59 Å². The lowest BCUT2D eigenvalue weighted by molar-refractivity contribution is -0.123. The molecule has 0 bridgehead atoms. The molecule has 1 atom stereocenters. The Morgan fingerprint density at radius 2 is 1.67 bits per heavy atom. The van der Waals surface area contributed by atoms with Crippen molar-refractivity contribution in [3.63, 3.8) is 0 Å². The number of ether oxygens (including phenoxy) is 1. The number of nitrogens with one attached hydrogen (secondary N) is 1. The predicted molar refractivity (Wildman–Crippen MR) is 104 cm³/mol. The fraction of sp³-hybridized carbons (Fsp3) is 0.316. The van der Waals surface area contributed by atoms with Crippen LogP contribution in [0.5, 0.6) is 0 Å². The van der Waals surface area contributed by atoms with Crippen LogP contribution in [0.3, 0.4) is 0 Å². The van der Waals surface area contributed by atoms with Crippen LogP contribution < -0.4 is 5.32 Å². The minimum absolute atomic E-state index is 0.320. The van der Waals surface area contributed by atoms with E-state index < -0.39 is 18.0 Å². The normalized spacial score (nSPS) is 12.0. The topological polar surface area (TPSA) is 94.1 Å². The Hall–Kier alpha value is -2.87. The van der Waals surface area contributed by atoms with Gasteiger partial charge in [0.1, 0.15) is 0 Å². The fourth-order valence-electron chi connectivity index (χ4n) is 2.37. The van der Waals surface area contributed by atoms with E-state index in [0.29, 0.717) is 21.7 Å². The first-order valence-corrected chi connectivity index (χ1v) is 9.27. The van der Waals surface area contributed by atoms with Crippen LogP contribution in [-0.2, 0) is 9.53 Å². The fourth-order valence-corrected chi connectivity index (χ4v) is 3.19. The molecule has 8 heteroatoms.